The van der Waals surface area contributed by atoms with Crippen LogP contribution in [0, 0.1) is 0 Å². The molecule has 0 saturated carbocycles. The molecule has 0 aliphatic carbocycles. The lowest BCUT2D eigenvalue weighted by atomic mass is 10.2. The quantitative estimate of drug-likeness (QED) is 0.901. The van der Waals surface area contributed by atoms with Crippen LogP contribution in [0.4, 0.5) is 9.59 Å². The van der Waals surface area contributed by atoms with Gasteiger partial charge in [-0.25, -0.2) is 20.0 Å². The van der Waals surface area contributed by atoms with Crippen LogP contribution in [0.5, 0.6) is 0 Å². The van der Waals surface area contributed by atoms with Gasteiger partial charge in [-0.05, 0) is 26.3 Å². The molecule has 1 aromatic carbocycles. The highest BCUT2D eigenvalue weighted by Gasteiger charge is 2.33. The van der Waals surface area contributed by atoms with Crippen molar-refractivity contribution in [3.8, 4) is 0 Å². The van der Waals surface area contributed by atoms with E-state index in [0.29, 0.717) is 6.61 Å². The Hall–Kier alpha value is -2.28. The Bertz CT molecular complexity index is 541. The number of hydrogen-bond acceptors (Lipinski definition) is 5. The van der Waals surface area contributed by atoms with E-state index in [4.69, 9.17) is 14.2 Å². The van der Waals surface area contributed by atoms with E-state index in [1.807, 2.05) is 30.3 Å². The molecule has 0 radical (unpaired) electrons. The maximum Gasteiger partial charge on any atom is 0.429 e. The summed E-state index contributed by atoms with van der Waals surface area (Å²) in [7, 11) is 0. The standard InChI is InChI=1S/C16H22N2O5/c1-16(2,3)23-14(19)17-18-9-13(22-15(18)20)11-21-10-12-7-5-4-6-8-12/h4-8,13H,9-11H2,1-3H3,(H,17,19)/t13-/m0/s1. The maximum atomic E-state index is 11.7. The van der Waals surface area contributed by atoms with Crippen molar-refractivity contribution < 1.29 is 23.8 Å². The summed E-state index contributed by atoms with van der Waals surface area (Å²) in [5.74, 6) is 0. The van der Waals surface area contributed by atoms with Crippen molar-refractivity contribution in [1.82, 2.24) is 10.4 Å². The third kappa shape index (κ3) is 5.78. The fourth-order valence-electron chi connectivity index (χ4n) is 1.99. The van der Waals surface area contributed by atoms with Gasteiger partial charge in [-0.2, -0.15) is 0 Å². The third-order valence-corrected chi connectivity index (χ3v) is 2.91. The second-order valence-electron chi connectivity index (χ2n) is 6.23. The van der Waals surface area contributed by atoms with E-state index in [1.54, 1.807) is 20.8 Å². The number of nitrogens with zero attached hydrogens (tertiary/aromatic N) is 1. The van der Waals surface area contributed by atoms with Crippen LogP contribution in [-0.2, 0) is 20.8 Å². The Morgan fingerprint density at radius 3 is 2.70 bits per heavy atom. The van der Waals surface area contributed by atoms with Crippen molar-refractivity contribution in [2.45, 2.75) is 39.1 Å². The van der Waals surface area contributed by atoms with E-state index in [9.17, 15) is 9.59 Å². The molecule has 0 unspecified atom stereocenters. The molecule has 0 bridgehead atoms. The Kier molecular flexibility index (Phi) is 5.44. The molecule has 1 aliphatic rings. The first-order chi connectivity index (χ1) is 10.8. The molecule has 1 aromatic rings. The summed E-state index contributed by atoms with van der Waals surface area (Å²) in [6.45, 7) is 6.15. The van der Waals surface area contributed by atoms with Gasteiger partial charge in [0.25, 0.3) is 0 Å². The average Bonchev–Trinajstić information content (AvgIpc) is 2.78. The molecule has 1 saturated heterocycles. The second kappa shape index (κ2) is 7.32. The highest BCUT2D eigenvalue weighted by Crippen LogP contribution is 2.12. The highest BCUT2D eigenvalue weighted by atomic mass is 16.6. The Morgan fingerprint density at radius 2 is 2.04 bits per heavy atom. The van der Waals surface area contributed by atoms with Gasteiger partial charge in [-0.1, -0.05) is 30.3 Å². The van der Waals surface area contributed by atoms with Crippen LogP contribution in [0.15, 0.2) is 30.3 Å². The lowest BCUT2D eigenvalue weighted by Crippen LogP contribution is -2.45. The van der Waals surface area contributed by atoms with Crippen LogP contribution in [0.1, 0.15) is 26.3 Å². The molecule has 7 nitrogen and oxygen atoms in total. The molecule has 1 fully saturated rings. The first-order valence-electron chi connectivity index (χ1n) is 7.43. The van der Waals surface area contributed by atoms with Gasteiger partial charge >= 0.3 is 12.2 Å². The molecule has 0 spiro atoms. The zero-order valence-electron chi connectivity index (χ0n) is 13.6. The SMILES string of the molecule is CC(C)(C)OC(=O)NN1C[C@@H](COCc2ccccc2)OC1=O. The molecule has 1 heterocycles. The van der Waals surface area contributed by atoms with E-state index in [0.717, 1.165) is 10.6 Å². The molecule has 2 amide bonds. The van der Waals surface area contributed by atoms with Crippen LogP contribution in [0.3, 0.4) is 0 Å². The summed E-state index contributed by atoms with van der Waals surface area (Å²) in [4.78, 5) is 23.3. The van der Waals surface area contributed by atoms with E-state index >= 15 is 0 Å². The maximum absolute atomic E-state index is 11.7. The molecule has 126 valence electrons. The van der Waals surface area contributed by atoms with Crippen molar-refractivity contribution in [2.75, 3.05) is 13.2 Å². The number of benzene rings is 1. The van der Waals surface area contributed by atoms with Crippen molar-refractivity contribution in [3.63, 3.8) is 0 Å². The molecule has 7 heteroatoms. The molecule has 2 rings (SSSR count). The monoisotopic (exact) mass is 322 g/mol. The Labute approximate surface area is 135 Å². The minimum atomic E-state index is -0.694. The topological polar surface area (TPSA) is 77.1 Å². The zero-order valence-corrected chi connectivity index (χ0v) is 13.6. The van der Waals surface area contributed by atoms with Gasteiger partial charge in [0.1, 0.15) is 11.7 Å². The van der Waals surface area contributed by atoms with Crippen LogP contribution in [-0.4, -0.2) is 42.1 Å². The van der Waals surface area contributed by atoms with Crippen LogP contribution in [0.25, 0.3) is 0 Å². The first-order valence-corrected chi connectivity index (χ1v) is 7.43. The van der Waals surface area contributed by atoms with Crippen molar-refractivity contribution >= 4 is 12.2 Å². The summed E-state index contributed by atoms with van der Waals surface area (Å²) in [5, 5.41) is 1.09. The van der Waals surface area contributed by atoms with Crippen LogP contribution in [0.2, 0.25) is 0 Å². The number of amides is 2. The predicted octanol–water partition coefficient (Wildman–Crippen LogP) is 2.46. The van der Waals surface area contributed by atoms with Gasteiger partial charge < -0.3 is 14.2 Å². The van der Waals surface area contributed by atoms with E-state index in [1.165, 1.54) is 0 Å². The Balaban J connectivity index is 1.73. The van der Waals surface area contributed by atoms with E-state index < -0.39 is 23.9 Å². The molecule has 1 atom stereocenters. The van der Waals surface area contributed by atoms with Crippen LogP contribution < -0.4 is 5.43 Å². The second-order valence-corrected chi connectivity index (χ2v) is 6.23. The van der Waals surface area contributed by atoms with Gasteiger partial charge in [0, 0.05) is 0 Å². The third-order valence-electron chi connectivity index (χ3n) is 2.91. The van der Waals surface area contributed by atoms with E-state index in [-0.39, 0.29) is 13.2 Å². The molecule has 23 heavy (non-hydrogen) atoms. The average molecular weight is 322 g/mol. The number of carbonyl (C=O) groups is 2. The van der Waals surface area contributed by atoms with Crippen LogP contribution >= 0.6 is 0 Å². The number of rotatable bonds is 5. The molecule has 0 aromatic heterocycles. The number of ether oxygens (including phenoxy) is 3. The van der Waals surface area contributed by atoms with Gasteiger partial charge in [-0.3, -0.25) is 0 Å². The number of carbonyl (C=O) groups excluding carboxylic acids is 2. The number of cyclic esters (lactones) is 1. The molecular formula is C16H22N2O5. The summed E-state index contributed by atoms with van der Waals surface area (Å²) in [6, 6.07) is 9.71. The highest BCUT2D eigenvalue weighted by molar-refractivity contribution is 5.75. The number of hydrogen-bond donors (Lipinski definition) is 1. The summed E-state index contributed by atoms with van der Waals surface area (Å²) in [6.07, 6.45) is -1.74. The van der Waals surface area contributed by atoms with E-state index in [2.05, 4.69) is 5.43 Å². The van der Waals surface area contributed by atoms with Gasteiger partial charge in [0.15, 0.2) is 0 Å². The van der Waals surface area contributed by atoms with Crippen molar-refractivity contribution in [3.05, 3.63) is 35.9 Å². The van der Waals surface area contributed by atoms with Gasteiger partial charge in [0.2, 0.25) is 0 Å². The lowest BCUT2D eigenvalue weighted by Gasteiger charge is -2.22. The molecule has 1 N–H and O–H groups in total. The van der Waals surface area contributed by atoms with Crippen molar-refractivity contribution in [1.29, 1.82) is 0 Å². The molecular weight excluding hydrogens is 300 g/mol. The minimum Gasteiger partial charge on any atom is -0.443 e. The summed E-state index contributed by atoms with van der Waals surface area (Å²) >= 11 is 0. The zero-order chi connectivity index (χ0) is 16.9. The smallest absolute Gasteiger partial charge is 0.429 e. The lowest BCUT2D eigenvalue weighted by molar-refractivity contribution is 0.0380. The predicted molar refractivity (Wildman–Crippen MR) is 82.4 cm³/mol. The summed E-state index contributed by atoms with van der Waals surface area (Å²) < 4.78 is 15.8. The van der Waals surface area contributed by atoms with Gasteiger partial charge in [0.05, 0.1) is 19.8 Å². The number of nitrogens with one attached hydrogen (secondary N) is 1. The Morgan fingerprint density at radius 1 is 1.35 bits per heavy atom. The fraction of sp³-hybridized carbons (Fsp3) is 0.500. The van der Waals surface area contributed by atoms with Gasteiger partial charge in [-0.15, -0.1) is 0 Å². The van der Waals surface area contributed by atoms with Crippen molar-refractivity contribution in [2.24, 2.45) is 0 Å². The largest absolute Gasteiger partial charge is 0.443 e. The first kappa shape index (κ1) is 17.1. The normalized spacial score (nSPS) is 17.8. The number of hydrazine groups is 1. The fourth-order valence-corrected chi connectivity index (χ4v) is 1.99. The summed E-state index contributed by atoms with van der Waals surface area (Å²) in [5.41, 5.74) is 2.77. The minimum absolute atomic E-state index is 0.215. The molecule has 1 aliphatic heterocycles.